The van der Waals surface area contributed by atoms with Gasteiger partial charge in [0.15, 0.2) is 0 Å². The number of imidazole rings is 1. The molecule has 2 aromatic rings. The lowest BCUT2D eigenvalue weighted by atomic mass is 10.3. The third-order valence-electron chi connectivity index (χ3n) is 1.50. The Morgan fingerprint density at radius 1 is 1.36 bits per heavy atom. The van der Waals surface area contributed by atoms with Gasteiger partial charge in [-0.05, 0) is 12.1 Å². The Morgan fingerprint density at radius 2 is 2.09 bits per heavy atom. The second kappa shape index (κ2) is 2.37. The predicted octanol–water partition coefficient (Wildman–Crippen LogP) is 1.88. The molecule has 4 heteroatoms. The van der Waals surface area contributed by atoms with Gasteiger partial charge in [0.1, 0.15) is 5.52 Å². The molecule has 0 radical (unpaired) electrons. The monoisotopic (exact) mass is 260 g/mol. The van der Waals surface area contributed by atoms with Crippen LogP contribution in [0.3, 0.4) is 0 Å². The van der Waals surface area contributed by atoms with Crippen molar-refractivity contribution in [2.75, 3.05) is 0 Å². The molecule has 0 atom stereocenters. The van der Waals surface area contributed by atoms with Crippen LogP contribution in [0.15, 0.2) is 24.3 Å². The third kappa shape index (κ3) is 0.973. The molecule has 11 heavy (non-hydrogen) atoms. The number of nitrogens with zero attached hydrogens (tertiary/aromatic N) is 2. The molecule has 1 N–H and O–H groups in total. The van der Waals surface area contributed by atoms with E-state index >= 15 is 0 Å². The zero-order chi connectivity index (χ0) is 7.84. The van der Waals surface area contributed by atoms with Gasteiger partial charge in [-0.15, -0.1) is 0 Å². The molecule has 0 unspecified atom stereocenters. The normalized spacial score (nSPS) is 10.6. The number of hydrogen-bond donors (Lipinski definition) is 1. The van der Waals surface area contributed by atoms with Crippen LogP contribution < -0.4 is 0 Å². The first kappa shape index (κ1) is 6.90. The minimum Gasteiger partial charge on any atom is -0.426 e. The Morgan fingerprint density at radius 3 is 2.82 bits per heavy atom. The number of hydrogen-bond acceptors (Lipinski definition) is 2. The molecule has 3 nitrogen and oxygen atoms in total. The molecule has 0 aliphatic rings. The van der Waals surface area contributed by atoms with Crippen LogP contribution >= 0.6 is 22.6 Å². The maximum atomic E-state index is 9.34. The van der Waals surface area contributed by atoms with Crippen molar-refractivity contribution in [2.45, 2.75) is 0 Å². The summed E-state index contributed by atoms with van der Waals surface area (Å²) >= 11 is 1.98. The topological polar surface area (TPSA) is 38.0 Å². The van der Waals surface area contributed by atoms with Crippen LogP contribution in [-0.2, 0) is 0 Å². The average Bonchev–Trinajstić information content (AvgIpc) is 2.30. The highest BCUT2D eigenvalue weighted by atomic mass is 127. The average molecular weight is 260 g/mol. The smallest absolute Gasteiger partial charge is 0.206 e. The van der Waals surface area contributed by atoms with Crippen molar-refractivity contribution < 1.29 is 5.21 Å². The lowest BCUT2D eigenvalue weighted by molar-refractivity contribution is 0.190. The molecule has 0 aliphatic carbocycles. The standard InChI is InChI=1S/C7H5IN2O/c8-7-9-5-3-1-2-4-6(5)10(7)11/h1-4,11H. The van der Waals surface area contributed by atoms with E-state index in [0.717, 1.165) is 15.8 Å². The fourth-order valence-corrected chi connectivity index (χ4v) is 1.50. The summed E-state index contributed by atoms with van der Waals surface area (Å²) < 4.78 is 1.67. The molecule has 0 saturated carbocycles. The van der Waals surface area contributed by atoms with Crippen LogP contribution in [0.5, 0.6) is 0 Å². The van der Waals surface area contributed by atoms with Crippen molar-refractivity contribution in [3.63, 3.8) is 0 Å². The van der Waals surface area contributed by atoms with Crippen molar-refractivity contribution in [1.29, 1.82) is 0 Å². The second-order valence-electron chi connectivity index (χ2n) is 2.18. The third-order valence-corrected chi connectivity index (χ3v) is 2.20. The van der Waals surface area contributed by atoms with E-state index in [1.807, 2.05) is 46.9 Å². The van der Waals surface area contributed by atoms with Crippen LogP contribution in [0.25, 0.3) is 11.0 Å². The van der Waals surface area contributed by atoms with Gasteiger partial charge in [-0.25, -0.2) is 4.98 Å². The Hall–Kier alpha value is -0.780. The van der Waals surface area contributed by atoms with Gasteiger partial charge >= 0.3 is 0 Å². The van der Waals surface area contributed by atoms with Crippen LogP contribution in [0.4, 0.5) is 0 Å². The van der Waals surface area contributed by atoms with Crippen molar-refractivity contribution in [1.82, 2.24) is 9.71 Å². The summed E-state index contributed by atoms with van der Waals surface area (Å²) in [6.07, 6.45) is 0. The highest BCUT2D eigenvalue weighted by Gasteiger charge is 2.04. The number of para-hydroxylation sites is 2. The number of rotatable bonds is 0. The molecule has 0 saturated heterocycles. The van der Waals surface area contributed by atoms with E-state index in [2.05, 4.69) is 4.98 Å². The van der Waals surface area contributed by atoms with Crippen molar-refractivity contribution in [2.24, 2.45) is 0 Å². The van der Waals surface area contributed by atoms with Crippen LogP contribution in [0, 0.1) is 3.83 Å². The first-order valence-electron chi connectivity index (χ1n) is 3.11. The Kier molecular flexibility index (Phi) is 1.49. The van der Waals surface area contributed by atoms with Gasteiger partial charge in [-0.3, -0.25) is 0 Å². The molecule has 1 aromatic heterocycles. The van der Waals surface area contributed by atoms with Crippen molar-refractivity contribution in [3.05, 3.63) is 28.1 Å². The largest absolute Gasteiger partial charge is 0.426 e. The number of halogens is 1. The molecule has 56 valence electrons. The highest BCUT2D eigenvalue weighted by molar-refractivity contribution is 14.1. The van der Waals surface area contributed by atoms with E-state index in [1.54, 1.807) is 0 Å². The molecule has 0 fully saturated rings. The molecule has 1 heterocycles. The fraction of sp³-hybridized carbons (Fsp3) is 0. The maximum absolute atomic E-state index is 9.34. The summed E-state index contributed by atoms with van der Waals surface area (Å²) in [5, 5.41) is 9.34. The van der Waals surface area contributed by atoms with E-state index < -0.39 is 0 Å². The van der Waals surface area contributed by atoms with Crippen LogP contribution in [0.2, 0.25) is 0 Å². The first-order valence-corrected chi connectivity index (χ1v) is 4.19. The van der Waals surface area contributed by atoms with Gasteiger partial charge < -0.3 is 5.21 Å². The van der Waals surface area contributed by atoms with E-state index in [1.165, 1.54) is 0 Å². The summed E-state index contributed by atoms with van der Waals surface area (Å²) in [5.41, 5.74) is 1.57. The summed E-state index contributed by atoms with van der Waals surface area (Å²) in [6, 6.07) is 7.45. The van der Waals surface area contributed by atoms with Gasteiger partial charge in [0.25, 0.3) is 0 Å². The zero-order valence-corrected chi connectivity index (χ0v) is 7.69. The molecule has 1 aromatic carbocycles. The zero-order valence-electron chi connectivity index (χ0n) is 5.53. The fourth-order valence-electron chi connectivity index (χ4n) is 0.984. The van der Waals surface area contributed by atoms with Gasteiger partial charge in [0.2, 0.25) is 3.83 Å². The first-order chi connectivity index (χ1) is 5.29. The number of aromatic nitrogens is 2. The molecule has 0 spiro atoms. The van der Waals surface area contributed by atoms with E-state index in [4.69, 9.17) is 0 Å². The van der Waals surface area contributed by atoms with Crippen LogP contribution in [-0.4, -0.2) is 14.9 Å². The molecule has 0 aliphatic heterocycles. The molecular formula is C7H5IN2O. The van der Waals surface area contributed by atoms with Gasteiger partial charge in [0, 0.05) is 22.6 Å². The minimum atomic E-state index is 0.587. The van der Waals surface area contributed by atoms with Crippen molar-refractivity contribution >= 4 is 33.6 Å². The van der Waals surface area contributed by atoms with Gasteiger partial charge in [-0.1, -0.05) is 12.1 Å². The lowest BCUT2D eigenvalue weighted by Gasteiger charge is -1.91. The Balaban J connectivity index is 2.92. The maximum Gasteiger partial charge on any atom is 0.206 e. The molecule has 0 amide bonds. The Bertz CT molecular complexity index is 396. The molecule has 2 rings (SSSR count). The minimum absolute atomic E-state index is 0.587. The summed E-state index contributed by atoms with van der Waals surface area (Å²) in [6.45, 7) is 0. The van der Waals surface area contributed by atoms with E-state index in [-0.39, 0.29) is 0 Å². The quantitative estimate of drug-likeness (QED) is 0.580. The summed E-state index contributed by atoms with van der Waals surface area (Å²) in [7, 11) is 0. The van der Waals surface area contributed by atoms with Gasteiger partial charge in [0.05, 0.1) is 5.52 Å². The number of fused-ring (bicyclic) bond motifs is 1. The molecular weight excluding hydrogens is 255 g/mol. The van der Waals surface area contributed by atoms with Crippen molar-refractivity contribution in [3.8, 4) is 0 Å². The van der Waals surface area contributed by atoms with E-state index in [0.29, 0.717) is 3.83 Å². The Labute approximate surface area is 76.8 Å². The van der Waals surface area contributed by atoms with Gasteiger partial charge in [-0.2, -0.15) is 4.73 Å². The van der Waals surface area contributed by atoms with E-state index in [9.17, 15) is 5.21 Å². The lowest BCUT2D eigenvalue weighted by Crippen LogP contribution is -1.91. The second-order valence-corrected chi connectivity index (χ2v) is 3.15. The highest BCUT2D eigenvalue weighted by Crippen LogP contribution is 2.14. The summed E-state index contributed by atoms with van der Waals surface area (Å²) in [4.78, 5) is 4.11. The summed E-state index contributed by atoms with van der Waals surface area (Å²) in [5.74, 6) is 0. The number of benzene rings is 1. The van der Waals surface area contributed by atoms with Crippen LogP contribution in [0.1, 0.15) is 0 Å². The molecule has 0 bridgehead atoms. The predicted molar refractivity (Wildman–Crippen MR) is 49.6 cm³/mol. The SMILES string of the molecule is On1c(I)nc2ccccc21.